The number of hydroxylamine groups is 1. The van der Waals surface area contributed by atoms with E-state index in [0.29, 0.717) is 48.4 Å². The Bertz CT molecular complexity index is 2270. The van der Waals surface area contributed by atoms with Gasteiger partial charge in [0.05, 0.1) is 23.6 Å². The number of fused-ring (bicyclic) bond motifs is 2. The number of hydrogen-bond donors (Lipinski definition) is 1. The number of amides is 2. The van der Waals surface area contributed by atoms with Crippen molar-refractivity contribution in [1.29, 1.82) is 0 Å². The fourth-order valence-corrected chi connectivity index (χ4v) is 8.56. The van der Waals surface area contributed by atoms with Gasteiger partial charge in [-0.2, -0.15) is 5.10 Å². The topological polar surface area (TPSA) is 135 Å². The van der Waals surface area contributed by atoms with Crippen molar-refractivity contribution in [3.05, 3.63) is 89.7 Å². The summed E-state index contributed by atoms with van der Waals surface area (Å²) in [5.41, 5.74) is 3.68. The molecule has 2 aromatic carbocycles. The molecule has 8 rings (SSSR count). The van der Waals surface area contributed by atoms with Crippen LogP contribution in [0.15, 0.2) is 72.9 Å². The van der Waals surface area contributed by atoms with Gasteiger partial charge in [0, 0.05) is 49.8 Å². The van der Waals surface area contributed by atoms with Crippen molar-refractivity contribution in [2.24, 2.45) is 0 Å². The van der Waals surface area contributed by atoms with Gasteiger partial charge in [0.2, 0.25) is 5.95 Å². The molecule has 0 bridgehead atoms. The van der Waals surface area contributed by atoms with E-state index in [2.05, 4.69) is 44.2 Å². The molecule has 2 saturated heterocycles. The Kier molecular flexibility index (Phi) is 12.3. The summed E-state index contributed by atoms with van der Waals surface area (Å²) in [6.07, 6.45) is 7.58. The highest BCUT2D eigenvalue weighted by molar-refractivity contribution is 5.90. The first-order chi connectivity index (χ1) is 29.1. The van der Waals surface area contributed by atoms with Crippen LogP contribution in [0.25, 0.3) is 11.3 Å². The molecule has 3 atom stereocenters. The maximum absolute atomic E-state index is 14.3. The first kappa shape index (κ1) is 41.1. The number of urea groups is 1. The van der Waals surface area contributed by atoms with E-state index < -0.39 is 6.03 Å². The van der Waals surface area contributed by atoms with E-state index >= 15 is 0 Å². The minimum Gasteiger partial charge on any atom is -0.492 e. The van der Waals surface area contributed by atoms with Crippen LogP contribution in [0.3, 0.4) is 0 Å². The standard InChI is InChI=1S/C45H58N10O5/c1-32-12-8-9-23-52(32)43-48-47-41-20-17-35(30-53(41)43)60-39-19-18-38(36-15-6-7-16-37(36)39)46-44(57)55(59-31-56)42-29-40(45(2,3)4)49-54(42)33-13-10-14-34(28-33)58-27-26-51-22-11-21-50(5)24-25-51/h6-7,10,13-17,20,28-32,38-39H,8-9,11-12,18-19,21-27H2,1-5H3,(H,46,57)/t32-,38-,39+/m0/s1. The monoisotopic (exact) mass is 818 g/mol. The van der Waals surface area contributed by atoms with Gasteiger partial charge in [-0.3, -0.25) is 14.1 Å². The molecular weight excluding hydrogens is 761 g/mol. The highest BCUT2D eigenvalue weighted by Gasteiger charge is 2.34. The number of hydrogen-bond acceptors (Lipinski definition) is 11. The highest BCUT2D eigenvalue weighted by atomic mass is 16.7. The molecular formula is C45H58N10O5. The summed E-state index contributed by atoms with van der Waals surface area (Å²) in [5.74, 6) is 2.51. The predicted molar refractivity (Wildman–Crippen MR) is 230 cm³/mol. The van der Waals surface area contributed by atoms with Crippen molar-refractivity contribution in [3.63, 3.8) is 0 Å². The first-order valence-corrected chi connectivity index (χ1v) is 21.4. The van der Waals surface area contributed by atoms with Crippen LogP contribution in [0, 0.1) is 0 Å². The number of anilines is 2. The zero-order chi connectivity index (χ0) is 41.8. The molecule has 318 valence electrons. The van der Waals surface area contributed by atoms with Crippen molar-refractivity contribution in [2.75, 3.05) is 62.9 Å². The Morgan fingerprint density at radius 3 is 2.57 bits per heavy atom. The lowest BCUT2D eigenvalue weighted by molar-refractivity contribution is -0.129. The summed E-state index contributed by atoms with van der Waals surface area (Å²) in [6.45, 7) is 15.2. The van der Waals surface area contributed by atoms with Crippen LogP contribution < -0.4 is 24.8 Å². The summed E-state index contributed by atoms with van der Waals surface area (Å²) in [6, 6.07) is 20.7. The molecule has 2 aliphatic heterocycles. The molecule has 5 heterocycles. The third-order valence-electron chi connectivity index (χ3n) is 12.0. The summed E-state index contributed by atoms with van der Waals surface area (Å²) in [5, 5.41) is 18.1. The number of rotatable bonds is 12. The normalized spacial score (nSPS) is 20.3. The fourth-order valence-electron chi connectivity index (χ4n) is 8.56. The van der Waals surface area contributed by atoms with Gasteiger partial charge >= 0.3 is 12.5 Å². The number of benzene rings is 2. The Hall–Kier alpha value is -5.67. The molecule has 0 unspecified atom stereocenters. The van der Waals surface area contributed by atoms with Gasteiger partial charge in [-0.05, 0) is 101 Å². The molecule has 60 heavy (non-hydrogen) atoms. The molecule has 1 N–H and O–H groups in total. The Balaban J connectivity index is 1.000. The number of carbonyl (C=O) groups excluding carboxylic acids is 2. The SMILES string of the molecule is C[C@H]1CCCCN1c1nnc2ccc(O[C@@H]3CC[C@H](NC(=O)N(OC=O)c4cc(C(C)(C)C)nn4-c4cccc(OCCN5CCCN(C)CC5)c4)c4ccccc43)cn12. The average Bonchev–Trinajstić information content (AvgIpc) is 3.82. The van der Waals surface area contributed by atoms with E-state index in [1.54, 1.807) is 10.7 Å². The zero-order valence-electron chi connectivity index (χ0n) is 35.5. The van der Waals surface area contributed by atoms with E-state index in [9.17, 15) is 9.59 Å². The quantitative estimate of drug-likeness (QED) is 0.105. The second-order valence-electron chi connectivity index (χ2n) is 17.3. The van der Waals surface area contributed by atoms with Gasteiger partial charge in [-0.15, -0.1) is 15.3 Å². The van der Waals surface area contributed by atoms with Crippen LogP contribution in [-0.2, 0) is 15.0 Å². The predicted octanol–water partition coefficient (Wildman–Crippen LogP) is 6.87. The van der Waals surface area contributed by atoms with E-state index in [1.807, 2.05) is 92.0 Å². The smallest absolute Gasteiger partial charge is 0.357 e. The maximum Gasteiger partial charge on any atom is 0.357 e. The van der Waals surface area contributed by atoms with Crippen molar-refractivity contribution < 1.29 is 23.9 Å². The largest absolute Gasteiger partial charge is 0.492 e. The minimum absolute atomic E-state index is 0.251. The Labute approximate surface area is 352 Å². The van der Waals surface area contributed by atoms with E-state index in [1.165, 1.54) is 6.42 Å². The lowest BCUT2D eigenvalue weighted by atomic mass is 9.85. The van der Waals surface area contributed by atoms with E-state index in [0.717, 1.165) is 86.3 Å². The zero-order valence-corrected chi connectivity index (χ0v) is 35.5. The lowest BCUT2D eigenvalue weighted by Crippen LogP contribution is -2.43. The van der Waals surface area contributed by atoms with Crippen LogP contribution in [0.2, 0.25) is 0 Å². The number of aromatic nitrogens is 5. The fraction of sp³-hybridized carbons (Fsp3) is 0.489. The molecule has 3 aliphatic rings. The van der Waals surface area contributed by atoms with Crippen molar-refractivity contribution in [3.8, 4) is 17.2 Å². The molecule has 15 nitrogen and oxygen atoms in total. The summed E-state index contributed by atoms with van der Waals surface area (Å²) in [7, 11) is 2.17. The number of nitrogens with zero attached hydrogens (tertiary/aromatic N) is 9. The first-order valence-electron chi connectivity index (χ1n) is 21.4. The van der Waals surface area contributed by atoms with Crippen LogP contribution in [0.1, 0.15) is 95.2 Å². The van der Waals surface area contributed by atoms with Gasteiger partial charge in [-0.25, -0.2) is 9.48 Å². The van der Waals surface area contributed by atoms with Crippen LogP contribution in [0.4, 0.5) is 16.6 Å². The minimum atomic E-state index is -0.601. The number of nitrogens with one attached hydrogen (secondary N) is 1. The van der Waals surface area contributed by atoms with Gasteiger partial charge in [0.1, 0.15) is 24.2 Å². The molecule has 1 aliphatic carbocycles. The lowest BCUT2D eigenvalue weighted by Gasteiger charge is -2.34. The van der Waals surface area contributed by atoms with Gasteiger partial charge in [0.15, 0.2) is 11.5 Å². The molecule has 2 amide bonds. The number of pyridine rings is 1. The number of likely N-dealkylation sites (N-methyl/N-ethyl adjacent to an activating group) is 1. The summed E-state index contributed by atoms with van der Waals surface area (Å²) >= 11 is 0. The van der Waals surface area contributed by atoms with Crippen molar-refractivity contribution in [1.82, 2.24) is 39.5 Å². The molecule has 3 aromatic heterocycles. The molecule has 15 heteroatoms. The summed E-state index contributed by atoms with van der Waals surface area (Å²) in [4.78, 5) is 39.0. The maximum atomic E-state index is 14.3. The number of carbonyl (C=O) groups is 2. The van der Waals surface area contributed by atoms with Gasteiger partial charge in [0.25, 0.3) is 0 Å². The van der Waals surface area contributed by atoms with Crippen molar-refractivity contribution in [2.45, 2.75) is 89.8 Å². The van der Waals surface area contributed by atoms with Crippen LogP contribution in [-0.4, -0.2) is 106 Å². The van der Waals surface area contributed by atoms with Crippen LogP contribution in [0.5, 0.6) is 11.5 Å². The van der Waals surface area contributed by atoms with Crippen molar-refractivity contribution >= 4 is 29.9 Å². The Morgan fingerprint density at radius 1 is 0.900 bits per heavy atom. The Morgan fingerprint density at radius 2 is 1.75 bits per heavy atom. The second-order valence-corrected chi connectivity index (χ2v) is 17.3. The highest BCUT2D eigenvalue weighted by Crippen LogP contribution is 2.40. The molecule has 5 aromatic rings. The van der Waals surface area contributed by atoms with Gasteiger partial charge < -0.3 is 29.4 Å². The number of piperidine rings is 1. The number of ether oxygens (including phenoxy) is 2. The van der Waals surface area contributed by atoms with Crippen LogP contribution >= 0.6 is 0 Å². The van der Waals surface area contributed by atoms with E-state index in [-0.39, 0.29) is 29.9 Å². The summed E-state index contributed by atoms with van der Waals surface area (Å²) < 4.78 is 16.6. The third kappa shape index (κ3) is 9.06. The second kappa shape index (κ2) is 17.9. The molecule has 0 radical (unpaired) electrons. The third-order valence-corrected chi connectivity index (χ3v) is 12.0. The molecule has 0 spiro atoms. The molecule has 2 fully saturated rings. The van der Waals surface area contributed by atoms with E-state index in [4.69, 9.17) is 19.4 Å². The average molecular weight is 819 g/mol. The van der Waals surface area contributed by atoms with Gasteiger partial charge in [-0.1, -0.05) is 51.1 Å². The molecule has 0 saturated carbocycles.